The van der Waals surface area contributed by atoms with E-state index in [1.807, 2.05) is 12.1 Å². The van der Waals surface area contributed by atoms with Crippen LogP contribution in [0.4, 0.5) is 0 Å². The third-order valence-corrected chi connectivity index (χ3v) is 4.03. The second kappa shape index (κ2) is 5.11. The number of hydrogen-bond donors (Lipinski definition) is 2. The van der Waals surface area contributed by atoms with Crippen molar-refractivity contribution < 1.29 is 4.79 Å². The van der Waals surface area contributed by atoms with Gasteiger partial charge in [0.05, 0.1) is 5.41 Å². The lowest BCUT2D eigenvalue weighted by Gasteiger charge is -2.37. The minimum absolute atomic E-state index is 0.183. The molecule has 0 saturated carbocycles. The molecule has 1 heterocycles. The quantitative estimate of drug-likeness (QED) is 0.856. The van der Waals surface area contributed by atoms with Crippen molar-refractivity contribution in [1.82, 2.24) is 5.32 Å². The van der Waals surface area contributed by atoms with Gasteiger partial charge in [-0.25, -0.2) is 0 Å². The Morgan fingerprint density at radius 1 is 1.28 bits per heavy atom. The van der Waals surface area contributed by atoms with Crippen molar-refractivity contribution in [2.45, 2.75) is 38.0 Å². The van der Waals surface area contributed by atoms with Crippen LogP contribution in [0.1, 0.15) is 43.7 Å². The Hall–Kier alpha value is -1.35. The fourth-order valence-electron chi connectivity index (χ4n) is 2.94. The monoisotopic (exact) mass is 246 g/mol. The van der Waals surface area contributed by atoms with Crippen LogP contribution in [-0.4, -0.2) is 19.0 Å². The van der Waals surface area contributed by atoms with Gasteiger partial charge >= 0.3 is 0 Å². The van der Waals surface area contributed by atoms with Crippen LogP contribution >= 0.6 is 0 Å². The molecule has 0 bridgehead atoms. The summed E-state index contributed by atoms with van der Waals surface area (Å²) in [5.41, 5.74) is 7.64. The van der Waals surface area contributed by atoms with E-state index in [-0.39, 0.29) is 5.91 Å². The van der Waals surface area contributed by atoms with Crippen LogP contribution in [0.2, 0.25) is 0 Å². The Balaban J connectivity index is 2.52. The summed E-state index contributed by atoms with van der Waals surface area (Å²) in [5.74, 6) is 0.226. The predicted octanol–water partition coefficient (Wildman–Crippen LogP) is 1.92. The minimum Gasteiger partial charge on any atom is -0.369 e. The summed E-state index contributed by atoms with van der Waals surface area (Å²) in [6.07, 6.45) is 1.60. The van der Waals surface area contributed by atoms with Crippen molar-refractivity contribution in [1.29, 1.82) is 0 Å². The van der Waals surface area contributed by atoms with Gasteiger partial charge in [-0.1, -0.05) is 38.1 Å². The fourth-order valence-corrected chi connectivity index (χ4v) is 2.94. The summed E-state index contributed by atoms with van der Waals surface area (Å²) in [6, 6.07) is 8.24. The number of nitrogens with one attached hydrogen (secondary N) is 1. The van der Waals surface area contributed by atoms with E-state index < -0.39 is 5.41 Å². The number of piperidine rings is 1. The third kappa shape index (κ3) is 2.15. The molecular weight excluding hydrogens is 224 g/mol. The Bertz CT molecular complexity index is 434. The molecule has 1 aliphatic rings. The molecule has 1 saturated heterocycles. The maximum Gasteiger partial charge on any atom is 0.228 e. The molecule has 1 aliphatic heterocycles. The van der Waals surface area contributed by atoms with Crippen LogP contribution in [0.25, 0.3) is 0 Å². The maximum absolute atomic E-state index is 12.0. The van der Waals surface area contributed by atoms with Gasteiger partial charge in [0.15, 0.2) is 0 Å². The Morgan fingerprint density at radius 2 is 1.89 bits per heavy atom. The average molecular weight is 246 g/mol. The Morgan fingerprint density at radius 3 is 2.44 bits per heavy atom. The molecule has 0 radical (unpaired) electrons. The van der Waals surface area contributed by atoms with E-state index in [1.165, 1.54) is 5.56 Å². The summed E-state index contributed by atoms with van der Waals surface area (Å²) in [5, 5.41) is 3.31. The molecule has 3 nitrogen and oxygen atoms in total. The molecule has 2 rings (SSSR count). The lowest BCUT2D eigenvalue weighted by Crippen LogP contribution is -2.49. The number of rotatable bonds is 3. The standard InChI is InChI=1S/C15H22N2O/c1-11(2)12-5-3-4-6-13(12)15(14(16)18)7-9-17-10-8-15/h3-6,11,17H,7-10H2,1-2H3,(H2,16,18). The van der Waals surface area contributed by atoms with Crippen LogP contribution < -0.4 is 11.1 Å². The number of carbonyl (C=O) groups is 1. The van der Waals surface area contributed by atoms with Gasteiger partial charge < -0.3 is 11.1 Å². The van der Waals surface area contributed by atoms with Crippen molar-refractivity contribution in [2.75, 3.05) is 13.1 Å². The van der Waals surface area contributed by atoms with Crippen LogP contribution in [-0.2, 0) is 10.2 Å². The number of amides is 1. The normalized spacial score (nSPS) is 18.8. The van der Waals surface area contributed by atoms with Crippen molar-refractivity contribution in [2.24, 2.45) is 5.73 Å². The zero-order valence-corrected chi connectivity index (χ0v) is 11.2. The first-order valence-corrected chi connectivity index (χ1v) is 6.68. The molecule has 18 heavy (non-hydrogen) atoms. The molecule has 1 aromatic rings. The van der Waals surface area contributed by atoms with Gasteiger partial charge in [-0.05, 0) is 43.0 Å². The van der Waals surface area contributed by atoms with Gasteiger partial charge in [0.25, 0.3) is 0 Å². The van der Waals surface area contributed by atoms with Gasteiger partial charge in [0.1, 0.15) is 0 Å². The Labute approximate surface area is 109 Å². The summed E-state index contributed by atoms with van der Waals surface area (Å²) >= 11 is 0. The minimum atomic E-state index is -0.480. The first-order chi connectivity index (χ1) is 8.58. The molecule has 0 aliphatic carbocycles. The van der Waals surface area contributed by atoms with Crippen molar-refractivity contribution in [3.63, 3.8) is 0 Å². The number of nitrogens with two attached hydrogens (primary N) is 1. The van der Waals surface area contributed by atoms with Gasteiger partial charge in [-0.2, -0.15) is 0 Å². The molecule has 0 spiro atoms. The molecule has 3 N–H and O–H groups in total. The van der Waals surface area contributed by atoms with Crippen molar-refractivity contribution >= 4 is 5.91 Å². The van der Waals surface area contributed by atoms with E-state index in [0.29, 0.717) is 5.92 Å². The topological polar surface area (TPSA) is 55.1 Å². The molecule has 98 valence electrons. The molecule has 0 aromatic heterocycles. The van der Waals surface area contributed by atoms with Crippen LogP contribution in [0.5, 0.6) is 0 Å². The van der Waals surface area contributed by atoms with E-state index >= 15 is 0 Å². The zero-order chi connectivity index (χ0) is 13.2. The van der Waals surface area contributed by atoms with E-state index in [2.05, 4.69) is 31.3 Å². The van der Waals surface area contributed by atoms with Crippen molar-refractivity contribution in [3.8, 4) is 0 Å². The number of hydrogen-bond acceptors (Lipinski definition) is 2. The highest BCUT2D eigenvalue weighted by Crippen LogP contribution is 2.37. The Kier molecular flexibility index (Phi) is 3.71. The smallest absolute Gasteiger partial charge is 0.228 e. The van der Waals surface area contributed by atoms with Crippen LogP contribution in [0.3, 0.4) is 0 Å². The lowest BCUT2D eigenvalue weighted by atomic mass is 9.70. The molecule has 1 fully saturated rings. The number of benzene rings is 1. The van der Waals surface area contributed by atoms with E-state index in [0.717, 1.165) is 31.5 Å². The van der Waals surface area contributed by atoms with E-state index in [9.17, 15) is 4.79 Å². The lowest BCUT2D eigenvalue weighted by molar-refractivity contribution is -0.124. The molecule has 0 atom stereocenters. The first-order valence-electron chi connectivity index (χ1n) is 6.68. The third-order valence-electron chi connectivity index (χ3n) is 4.03. The molecule has 1 amide bonds. The first kappa shape index (κ1) is 13.1. The molecule has 1 aromatic carbocycles. The SMILES string of the molecule is CC(C)c1ccccc1C1(C(N)=O)CCNCC1. The van der Waals surface area contributed by atoms with Crippen LogP contribution in [0, 0.1) is 0 Å². The highest BCUT2D eigenvalue weighted by atomic mass is 16.1. The van der Waals surface area contributed by atoms with Gasteiger partial charge in [-0.15, -0.1) is 0 Å². The summed E-state index contributed by atoms with van der Waals surface area (Å²) in [4.78, 5) is 12.0. The summed E-state index contributed by atoms with van der Waals surface area (Å²) in [7, 11) is 0. The van der Waals surface area contributed by atoms with Gasteiger partial charge in [0, 0.05) is 0 Å². The van der Waals surface area contributed by atoms with Crippen LogP contribution in [0.15, 0.2) is 24.3 Å². The van der Waals surface area contributed by atoms with Crippen molar-refractivity contribution in [3.05, 3.63) is 35.4 Å². The summed E-state index contributed by atoms with van der Waals surface area (Å²) in [6.45, 7) is 6.04. The second-order valence-corrected chi connectivity index (χ2v) is 5.44. The van der Waals surface area contributed by atoms with E-state index in [1.54, 1.807) is 0 Å². The molecule has 0 unspecified atom stereocenters. The highest BCUT2D eigenvalue weighted by molar-refractivity contribution is 5.87. The maximum atomic E-state index is 12.0. The number of carbonyl (C=O) groups excluding carboxylic acids is 1. The van der Waals surface area contributed by atoms with Gasteiger partial charge in [-0.3, -0.25) is 4.79 Å². The molecular formula is C15H22N2O. The number of primary amides is 1. The largest absolute Gasteiger partial charge is 0.369 e. The predicted molar refractivity (Wildman–Crippen MR) is 73.5 cm³/mol. The summed E-state index contributed by atoms with van der Waals surface area (Å²) < 4.78 is 0. The average Bonchev–Trinajstić information content (AvgIpc) is 2.39. The van der Waals surface area contributed by atoms with Gasteiger partial charge in [0.2, 0.25) is 5.91 Å². The zero-order valence-electron chi connectivity index (χ0n) is 11.2. The fraction of sp³-hybridized carbons (Fsp3) is 0.533. The van der Waals surface area contributed by atoms with E-state index in [4.69, 9.17) is 5.73 Å². The highest BCUT2D eigenvalue weighted by Gasteiger charge is 2.41. The second-order valence-electron chi connectivity index (χ2n) is 5.44. The molecule has 3 heteroatoms.